The molecule has 1 radical (unpaired) electrons. The van der Waals surface area contributed by atoms with E-state index < -0.39 is 0 Å². The van der Waals surface area contributed by atoms with Crippen LogP contribution in [0.15, 0.2) is 0 Å². The van der Waals surface area contributed by atoms with Crippen LogP contribution in [-0.4, -0.2) is 0 Å². The molecule has 0 nitrogen and oxygen atoms in total. The first-order chi connectivity index (χ1) is 7.70. The minimum Gasteiger partial charge on any atom is -0.0654 e. The molecule has 0 aromatic heterocycles. The molecule has 0 saturated heterocycles. The highest BCUT2D eigenvalue weighted by molar-refractivity contribution is 4.78. The first-order valence-electron chi connectivity index (χ1n) is 7.55. The second kappa shape index (κ2) is 11.5. The fourth-order valence-corrected chi connectivity index (χ4v) is 2.46. The quantitative estimate of drug-likeness (QED) is 0.377. The molecule has 0 heteroatoms. The van der Waals surface area contributed by atoms with Gasteiger partial charge in [-0.15, -0.1) is 0 Å². The van der Waals surface area contributed by atoms with Crippen molar-refractivity contribution in [3.63, 3.8) is 0 Å². The van der Waals surface area contributed by atoms with Crippen LogP contribution in [0, 0.1) is 18.3 Å². The predicted molar refractivity (Wildman–Crippen MR) is 75.5 cm³/mol. The van der Waals surface area contributed by atoms with E-state index in [2.05, 4.69) is 34.1 Å². The molecule has 0 heterocycles. The normalized spacial score (nSPS) is 15.0. The van der Waals surface area contributed by atoms with Gasteiger partial charge in [0.25, 0.3) is 0 Å². The Morgan fingerprint density at radius 1 is 0.688 bits per heavy atom. The van der Waals surface area contributed by atoms with E-state index in [9.17, 15) is 0 Å². The average molecular weight is 225 g/mol. The summed E-state index contributed by atoms with van der Waals surface area (Å²) in [4.78, 5) is 0. The molecule has 0 N–H and O–H groups in total. The van der Waals surface area contributed by atoms with Gasteiger partial charge < -0.3 is 0 Å². The molecule has 0 aliphatic rings. The van der Waals surface area contributed by atoms with Crippen molar-refractivity contribution in [2.24, 2.45) is 11.8 Å². The van der Waals surface area contributed by atoms with Crippen molar-refractivity contribution in [3.8, 4) is 0 Å². The molecule has 16 heavy (non-hydrogen) atoms. The standard InChI is InChI=1S/C16H33/c1-5-7-8-9-10-11-13-16(4)14-15(3)12-6-2/h14-16H,5-13H2,1-4H3. The number of rotatable bonds is 11. The topological polar surface area (TPSA) is 0 Å². The monoisotopic (exact) mass is 225 g/mol. The van der Waals surface area contributed by atoms with E-state index in [1.54, 1.807) is 0 Å². The van der Waals surface area contributed by atoms with E-state index in [4.69, 9.17) is 0 Å². The first kappa shape index (κ1) is 16.0. The number of unbranched alkanes of at least 4 members (excludes halogenated alkanes) is 5. The van der Waals surface area contributed by atoms with Crippen LogP contribution < -0.4 is 0 Å². The third-order valence-corrected chi connectivity index (χ3v) is 3.41. The molecular weight excluding hydrogens is 192 g/mol. The van der Waals surface area contributed by atoms with Crippen molar-refractivity contribution in [1.29, 1.82) is 0 Å². The minimum absolute atomic E-state index is 0.820. The van der Waals surface area contributed by atoms with Crippen LogP contribution in [0.1, 0.15) is 85.5 Å². The summed E-state index contributed by atoms with van der Waals surface area (Å²) in [6.07, 6.45) is 15.2. The van der Waals surface area contributed by atoms with Gasteiger partial charge in [0.15, 0.2) is 0 Å². The summed E-state index contributed by atoms with van der Waals surface area (Å²) in [5, 5.41) is 0. The Hall–Kier alpha value is 0. The van der Waals surface area contributed by atoms with Gasteiger partial charge >= 0.3 is 0 Å². The lowest BCUT2D eigenvalue weighted by Gasteiger charge is -2.16. The van der Waals surface area contributed by atoms with E-state index in [0.717, 1.165) is 11.8 Å². The molecule has 0 amide bonds. The van der Waals surface area contributed by atoms with Gasteiger partial charge in [-0.2, -0.15) is 0 Å². The minimum atomic E-state index is 0.820. The van der Waals surface area contributed by atoms with Crippen molar-refractivity contribution in [3.05, 3.63) is 6.42 Å². The molecule has 2 unspecified atom stereocenters. The van der Waals surface area contributed by atoms with Crippen LogP contribution in [0.5, 0.6) is 0 Å². The van der Waals surface area contributed by atoms with Gasteiger partial charge in [-0.25, -0.2) is 0 Å². The number of hydrogen-bond acceptors (Lipinski definition) is 0. The van der Waals surface area contributed by atoms with Gasteiger partial charge in [-0.1, -0.05) is 85.5 Å². The Bertz CT molecular complexity index is 128. The van der Waals surface area contributed by atoms with Crippen LogP contribution in [0.3, 0.4) is 0 Å². The fraction of sp³-hybridized carbons (Fsp3) is 0.938. The van der Waals surface area contributed by atoms with Crippen LogP contribution in [0.25, 0.3) is 0 Å². The highest BCUT2D eigenvalue weighted by atomic mass is 14.1. The Balaban J connectivity index is 3.26. The third kappa shape index (κ3) is 10.5. The molecular formula is C16H33. The second-order valence-electron chi connectivity index (χ2n) is 5.49. The maximum atomic E-state index is 2.57. The van der Waals surface area contributed by atoms with Crippen molar-refractivity contribution in [2.75, 3.05) is 0 Å². The highest BCUT2D eigenvalue weighted by Gasteiger charge is 2.07. The largest absolute Gasteiger partial charge is 0.0654 e. The molecule has 0 aliphatic heterocycles. The zero-order valence-corrected chi connectivity index (χ0v) is 12.1. The maximum Gasteiger partial charge on any atom is -0.0329 e. The molecule has 2 atom stereocenters. The number of hydrogen-bond donors (Lipinski definition) is 0. The zero-order chi connectivity index (χ0) is 12.2. The first-order valence-corrected chi connectivity index (χ1v) is 7.55. The van der Waals surface area contributed by atoms with E-state index >= 15 is 0 Å². The lowest BCUT2D eigenvalue weighted by Crippen LogP contribution is -2.04. The Labute approximate surface area is 104 Å². The molecule has 0 aromatic carbocycles. The lowest BCUT2D eigenvalue weighted by molar-refractivity contribution is 0.462. The smallest absolute Gasteiger partial charge is 0.0329 e. The molecule has 0 aliphatic carbocycles. The van der Waals surface area contributed by atoms with Crippen molar-refractivity contribution < 1.29 is 0 Å². The molecule has 0 aromatic rings. The Kier molecular flexibility index (Phi) is 11.5. The van der Waals surface area contributed by atoms with Gasteiger partial charge in [0, 0.05) is 0 Å². The highest BCUT2D eigenvalue weighted by Crippen LogP contribution is 2.20. The van der Waals surface area contributed by atoms with Crippen molar-refractivity contribution >= 4 is 0 Å². The van der Waals surface area contributed by atoms with Gasteiger partial charge in [-0.05, 0) is 18.3 Å². The summed E-state index contributed by atoms with van der Waals surface area (Å²) in [7, 11) is 0. The second-order valence-corrected chi connectivity index (χ2v) is 5.49. The summed E-state index contributed by atoms with van der Waals surface area (Å²) in [6, 6.07) is 0. The van der Waals surface area contributed by atoms with Gasteiger partial charge in [0.2, 0.25) is 0 Å². The van der Waals surface area contributed by atoms with Gasteiger partial charge in [0.05, 0.1) is 0 Å². The summed E-state index contributed by atoms with van der Waals surface area (Å²) in [5.74, 6) is 1.65. The summed E-state index contributed by atoms with van der Waals surface area (Å²) >= 11 is 0. The maximum absolute atomic E-state index is 2.57. The van der Waals surface area contributed by atoms with E-state index in [-0.39, 0.29) is 0 Å². The van der Waals surface area contributed by atoms with Crippen molar-refractivity contribution in [2.45, 2.75) is 85.5 Å². The average Bonchev–Trinajstić information content (AvgIpc) is 2.23. The Morgan fingerprint density at radius 3 is 1.88 bits per heavy atom. The van der Waals surface area contributed by atoms with E-state index in [1.807, 2.05) is 0 Å². The van der Waals surface area contributed by atoms with E-state index in [1.165, 1.54) is 57.8 Å². The van der Waals surface area contributed by atoms with Crippen LogP contribution in [0.2, 0.25) is 0 Å². The summed E-state index contributed by atoms with van der Waals surface area (Å²) in [6.45, 7) is 9.31. The van der Waals surface area contributed by atoms with Crippen molar-refractivity contribution in [1.82, 2.24) is 0 Å². The summed E-state index contributed by atoms with van der Waals surface area (Å²) in [5.41, 5.74) is 0. The van der Waals surface area contributed by atoms with Crippen LogP contribution in [-0.2, 0) is 0 Å². The SMILES string of the molecule is CCCCCCCCC(C)[CH]C(C)CCC. The molecule has 0 saturated carbocycles. The molecule has 97 valence electrons. The molecule has 0 spiro atoms. The van der Waals surface area contributed by atoms with E-state index in [0.29, 0.717) is 0 Å². The Morgan fingerprint density at radius 2 is 1.25 bits per heavy atom. The van der Waals surface area contributed by atoms with Crippen LogP contribution in [0.4, 0.5) is 0 Å². The fourth-order valence-electron chi connectivity index (χ4n) is 2.46. The van der Waals surface area contributed by atoms with Gasteiger partial charge in [0.1, 0.15) is 0 Å². The third-order valence-electron chi connectivity index (χ3n) is 3.41. The summed E-state index contributed by atoms with van der Waals surface area (Å²) < 4.78 is 0. The van der Waals surface area contributed by atoms with Crippen LogP contribution >= 0.6 is 0 Å². The lowest BCUT2D eigenvalue weighted by atomic mass is 9.90. The molecule has 0 fully saturated rings. The predicted octanol–water partition coefficient (Wildman–Crippen LogP) is 6.01. The molecule has 0 rings (SSSR count). The van der Waals surface area contributed by atoms with Gasteiger partial charge in [-0.3, -0.25) is 0 Å². The molecule has 0 bridgehead atoms. The zero-order valence-electron chi connectivity index (χ0n) is 12.1.